The van der Waals surface area contributed by atoms with Crippen molar-refractivity contribution in [2.24, 2.45) is 10.9 Å². The van der Waals surface area contributed by atoms with E-state index >= 15 is 0 Å². The molecule has 6 heteroatoms. The van der Waals surface area contributed by atoms with E-state index in [1.54, 1.807) is 24.3 Å². The summed E-state index contributed by atoms with van der Waals surface area (Å²) in [6, 6.07) is 10.1. The molecule has 0 unspecified atom stereocenters. The van der Waals surface area contributed by atoms with E-state index in [9.17, 15) is 8.78 Å². The first-order valence-corrected chi connectivity index (χ1v) is 5.76. The van der Waals surface area contributed by atoms with Gasteiger partial charge in [0.25, 0.3) is 0 Å². The summed E-state index contributed by atoms with van der Waals surface area (Å²) >= 11 is 0. The van der Waals surface area contributed by atoms with Gasteiger partial charge in [0.15, 0.2) is 23.2 Å². The van der Waals surface area contributed by atoms with E-state index in [1.165, 1.54) is 6.07 Å². The molecule has 0 aliphatic carbocycles. The second-order valence-electron chi connectivity index (χ2n) is 3.98. The first-order chi connectivity index (χ1) is 9.63. The molecule has 0 aliphatic heterocycles. The summed E-state index contributed by atoms with van der Waals surface area (Å²) in [5, 5.41) is 11.6. The average molecular weight is 278 g/mol. The fourth-order valence-electron chi connectivity index (χ4n) is 1.72. The summed E-state index contributed by atoms with van der Waals surface area (Å²) in [6.07, 6.45) is 0. The van der Waals surface area contributed by atoms with E-state index < -0.39 is 17.4 Å². The van der Waals surface area contributed by atoms with Gasteiger partial charge in [-0.1, -0.05) is 35.5 Å². The Morgan fingerprint density at radius 1 is 1.10 bits per heavy atom. The number of ether oxygens (including phenoxy) is 1. The SMILES string of the molecule is N/C(=N/O)c1ccccc1COc1c(F)cccc1F. The first-order valence-electron chi connectivity index (χ1n) is 5.76. The van der Waals surface area contributed by atoms with Crippen LogP contribution in [0.5, 0.6) is 5.75 Å². The van der Waals surface area contributed by atoms with Crippen LogP contribution in [-0.4, -0.2) is 11.0 Å². The molecule has 2 rings (SSSR count). The Balaban J connectivity index is 2.24. The summed E-state index contributed by atoms with van der Waals surface area (Å²) in [5.74, 6) is -2.13. The monoisotopic (exact) mass is 278 g/mol. The van der Waals surface area contributed by atoms with Crippen molar-refractivity contribution < 1.29 is 18.7 Å². The predicted octanol–water partition coefficient (Wildman–Crippen LogP) is 2.64. The minimum atomic E-state index is -0.786. The van der Waals surface area contributed by atoms with E-state index in [0.717, 1.165) is 12.1 Å². The highest BCUT2D eigenvalue weighted by molar-refractivity contribution is 5.98. The van der Waals surface area contributed by atoms with Gasteiger partial charge < -0.3 is 15.7 Å². The van der Waals surface area contributed by atoms with Gasteiger partial charge in [0.05, 0.1) is 0 Å². The highest BCUT2D eigenvalue weighted by Crippen LogP contribution is 2.22. The normalized spacial score (nSPS) is 11.4. The lowest BCUT2D eigenvalue weighted by Crippen LogP contribution is -2.16. The van der Waals surface area contributed by atoms with Gasteiger partial charge in [0.1, 0.15) is 6.61 Å². The van der Waals surface area contributed by atoms with Crippen LogP contribution < -0.4 is 10.5 Å². The third-order valence-electron chi connectivity index (χ3n) is 2.69. The van der Waals surface area contributed by atoms with Crippen molar-refractivity contribution in [2.75, 3.05) is 0 Å². The Morgan fingerprint density at radius 2 is 1.75 bits per heavy atom. The van der Waals surface area contributed by atoms with Crippen molar-refractivity contribution >= 4 is 5.84 Å². The van der Waals surface area contributed by atoms with Crippen LogP contribution in [0.1, 0.15) is 11.1 Å². The lowest BCUT2D eigenvalue weighted by molar-refractivity contribution is 0.273. The zero-order valence-electron chi connectivity index (χ0n) is 10.4. The van der Waals surface area contributed by atoms with Crippen LogP contribution in [0.2, 0.25) is 0 Å². The highest BCUT2D eigenvalue weighted by Gasteiger charge is 2.12. The fraction of sp³-hybridized carbons (Fsp3) is 0.0714. The van der Waals surface area contributed by atoms with E-state index in [1.807, 2.05) is 0 Å². The lowest BCUT2D eigenvalue weighted by atomic mass is 10.1. The van der Waals surface area contributed by atoms with Gasteiger partial charge in [0.2, 0.25) is 0 Å². The van der Waals surface area contributed by atoms with Crippen LogP contribution in [0.25, 0.3) is 0 Å². The Kier molecular flexibility index (Phi) is 4.14. The van der Waals surface area contributed by atoms with Crippen LogP contribution in [0, 0.1) is 11.6 Å². The van der Waals surface area contributed by atoms with Gasteiger partial charge in [0, 0.05) is 11.1 Å². The van der Waals surface area contributed by atoms with Crippen LogP contribution in [-0.2, 0) is 6.61 Å². The molecule has 0 radical (unpaired) electrons. The highest BCUT2D eigenvalue weighted by atomic mass is 19.1. The van der Waals surface area contributed by atoms with Gasteiger partial charge >= 0.3 is 0 Å². The summed E-state index contributed by atoms with van der Waals surface area (Å²) in [6.45, 7) is -0.107. The van der Waals surface area contributed by atoms with Crippen molar-refractivity contribution in [1.82, 2.24) is 0 Å². The number of halogens is 2. The number of benzene rings is 2. The molecule has 2 aromatic carbocycles. The quantitative estimate of drug-likeness (QED) is 0.391. The maximum Gasteiger partial charge on any atom is 0.191 e. The molecule has 0 bridgehead atoms. The Labute approximate surface area is 114 Å². The van der Waals surface area contributed by atoms with Crippen molar-refractivity contribution in [3.05, 3.63) is 65.2 Å². The summed E-state index contributed by atoms with van der Waals surface area (Å²) in [7, 11) is 0. The molecule has 3 N–H and O–H groups in total. The minimum Gasteiger partial charge on any atom is -0.483 e. The number of nitrogens with zero attached hydrogens (tertiary/aromatic N) is 1. The molecule has 0 saturated carbocycles. The summed E-state index contributed by atoms with van der Waals surface area (Å²) in [4.78, 5) is 0. The largest absolute Gasteiger partial charge is 0.483 e. The third-order valence-corrected chi connectivity index (χ3v) is 2.69. The molecule has 104 valence electrons. The van der Waals surface area contributed by atoms with Gasteiger partial charge in [-0.2, -0.15) is 0 Å². The van der Waals surface area contributed by atoms with Crippen LogP contribution in [0.4, 0.5) is 8.78 Å². The molecule has 0 aliphatic rings. The second-order valence-corrected chi connectivity index (χ2v) is 3.98. The number of para-hydroxylation sites is 1. The Hall–Kier alpha value is -2.63. The van der Waals surface area contributed by atoms with E-state index in [-0.39, 0.29) is 12.4 Å². The van der Waals surface area contributed by atoms with Gasteiger partial charge in [-0.25, -0.2) is 8.78 Å². The molecule has 2 aromatic rings. The number of hydrogen-bond acceptors (Lipinski definition) is 3. The van der Waals surface area contributed by atoms with Crippen molar-refractivity contribution in [3.8, 4) is 5.75 Å². The first kappa shape index (κ1) is 13.8. The summed E-state index contributed by atoms with van der Waals surface area (Å²) in [5.41, 5.74) is 6.50. The maximum atomic E-state index is 13.4. The average Bonchev–Trinajstić information content (AvgIpc) is 2.46. The molecule has 0 amide bonds. The standard InChI is InChI=1S/C14H12F2N2O2/c15-11-6-3-7-12(16)13(11)20-8-9-4-1-2-5-10(9)14(17)18-19/h1-7,19H,8H2,(H2,17,18). The van der Waals surface area contributed by atoms with Gasteiger partial charge in [-0.05, 0) is 12.1 Å². The van der Waals surface area contributed by atoms with E-state index in [4.69, 9.17) is 15.7 Å². The van der Waals surface area contributed by atoms with E-state index in [0.29, 0.717) is 11.1 Å². The number of amidine groups is 1. The molecule has 0 fully saturated rings. The smallest absolute Gasteiger partial charge is 0.191 e. The molecule has 0 aromatic heterocycles. The number of hydrogen-bond donors (Lipinski definition) is 2. The van der Waals surface area contributed by atoms with Gasteiger partial charge in [-0.15, -0.1) is 0 Å². The van der Waals surface area contributed by atoms with E-state index in [2.05, 4.69) is 5.16 Å². The second kappa shape index (κ2) is 6.01. The molecule has 0 atom stereocenters. The van der Waals surface area contributed by atoms with Crippen molar-refractivity contribution in [3.63, 3.8) is 0 Å². The number of rotatable bonds is 4. The molecule has 20 heavy (non-hydrogen) atoms. The number of nitrogens with two attached hydrogens (primary N) is 1. The predicted molar refractivity (Wildman–Crippen MR) is 69.6 cm³/mol. The Morgan fingerprint density at radius 3 is 2.40 bits per heavy atom. The molecule has 0 saturated heterocycles. The number of oxime groups is 1. The van der Waals surface area contributed by atoms with Crippen molar-refractivity contribution in [2.45, 2.75) is 6.61 Å². The molecule has 0 spiro atoms. The Bertz CT molecular complexity index is 625. The topological polar surface area (TPSA) is 67.8 Å². The fourth-order valence-corrected chi connectivity index (χ4v) is 1.72. The zero-order valence-corrected chi connectivity index (χ0v) is 10.4. The maximum absolute atomic E-state index is 13.4. The van der Waals surface area contributed by atoms with Crippen LogP contribution >= 0.6 is 0 Å². The zero-order chi connectivity index (χ0) is 14.5. The van der Waals surface area contributed by atoms with Crippen molar-refractivity contribution in [1.29, 1.82) is 0 Å². The molecular formula is C14H12F2N2O2. The third kappa shape index (κ3) is 2.85. The molecule has 4 nitrogen and oxygen atoms in total. The summed E-state index contributed by atoms with van der Waals surface area (Å²) < 4.78 is 32.0. The molecular weight excluding hydrogens is 266 g/mol. The van der Waals surface area contributed by atoms with Gasteiger partial charge in [-0.3, -0.25) is 0 Å². The minimum absolute atomic E-state index is 0.0989. The molecule has 0 heterocycles. The van der Waals surface area contributed by atoms with Crippen LogP contribution in [0.3, 0.4) is 0 Å². The van der Waals surface area contributed by atoms with Crippen LogP contribution in [0.15, 0.2) is 47.6 Å². The lowest BCUT2D eigenvalue weighted by Gasteiger charge is -2.11.